The highest BCUT2D eigenvalue weighted by Crippen LogP contribution is 2.17. The minimum absolute atomic E-state index is 0.113. The van der Waals surface area contributed by atoms with Crippen LogP contribution in [0.1, 0.15) is 15.9 Å². The quantitative estimate of drug-likeness (QED) is 0.514. The number of carbonyl (C=O) groups is 2. The minimum atomic E-state index is -4.89. The Labute approximate surface area is 162 Å². The maximum Gasteiger partial charge on any atom is 0.471 e. The molecule has 0 aliphatic carbocycles. The summed E-state index contributed by atoms with van der Waals surface area (Å²) < 4.78 is 42.2. The third-order valence-corrected chi connectivity index (χ3v) is 3.90. The van der Waals surface area contributed by atoms with Gasteiger partial charge in [-0.1, -0.05) is 22.0 Å². The molecule has 0 saturated carbocycles. The van der Waals surface area contributed by atoms with Crippen molar-refractivity contribution in [2.75, 3.05) is 13.2 Å². The number of benzene rings is 2. The molecule has 1 amide bonds. The Hall–Kier alpha value is -2.61. The average molecular weight is 442 g/mol. The molecule has 0 saturated heterocycles. The molecule has 0 aliphatic rings. The van der Waals surface area contributed by atoms with E-state index in [-0.39, 0.29) is 18.9 Å². The van der Waals surface area contributed by atoms with Crippen LogP contribution in [0.5, 0.6) is 5.75 Å². The number of ether oxygens (including phenoxy) is 1. The molecule has 2 aromatic rings. The topological polar surface area (TPSA) is 55.4 Å². The van der Waals surface area contributed by atoms with Crippen LogP contribution in [0.2, 0.25) is 0 Å². The van der Waals surface area contributed by atoms with Crippen LogP contribution in [0.3, 0.4) is 0 Å². The highest BCUT2D eigenvalue weighted by atomic mass is 79.9. The van der Waals surface area contributed by atoms with Gasteiger partial charge < -0.3 is 10.1 Å². The number of halogens is 4. The second-order valence-electron chi connectivity index (χ2n) is 5.35. The Bertz CT molecular complexity index is 816. The van der Waals surface area contributed by atoms with Gasteiger partial charge in [-0.3, -0.25) is 9.59 Å². The van der Waals surface area contributed by atoms with Crippen molar-refractivity contribution in [2.24, 2.45) is 0 Å². The molecule has 2 aromatic carbocycles. The number of carbonyl (C=O) groups excluding carboxylic acids is 2. The first-order valence-corrected chi connectivity index (χ1v) is 8.60. The fourth-order valence-electron chi connectivity index (χ4n) is 2.02. The van der Waals surface area contributed by atoms with Crippen LogP contribution < -0.4 is 10.1 Å². The molecule has 0 aromatic heterocycles. The summed E-state index contributed by atoms with van der Waals surface area (Å²) in [4.78, 5) is 22.9. The highest BCUT2D eigenvalue weighted by Gasteiger charge is 2.37. The summed E-state index contributed by atoms with van der Waals surface area (Å²) >= 11 is 3.31. The van der Waals surface area contributed by atoms with E-state index in [0.717, 1.165) is 4.47 Å². The van der Waals surface area contributed by atoms with Crippen molar-refractivity contribution >= 4 is 27.6 Å². The third kappa shape index (κ3) is 6.56. The number of ketones is 1. The van der Waals surface area contributed by atoms with Crippen molar-refractivity contribution < 1.29 is 27.5 Å². The molecule has 1 N–H and O–H groups in total. The zero-order valence-corrected chi connectivity index (χ0v) is 15.5. The average Bonchev–Trinajstić information content (AvgIpc) is 2.64. The van der Waals surface area contributed by atoms with Crippen LogP contribution in [-0.4, -0.2) is 31.0 Å². The SMILES string of the molecule is O=C(c1ccc(Br)cc1)c1ccc(OC/C=C/CNC(=O)C(F)(F)F)cc1. The Morgan fingerprint density at radius 2 is 1.52 bits per heavy atom. The normalized spacial score (nSPS) is 11.4. The Morgan fingerprint density at radius 3 is 2.07 bits per heavy atom. The van der Waals surface area contributed by atoms with E-state index in [1.807, 2.05) is 0 Å². The lowest BCUT2D eigenvalue weighted by molar-refractivity contribution is -0.173. The summed E-state index contributed by atoms with van der Waals surface area (Å²) in [6, 6.07) is 13.5. The first kappa shape index (κ1) is 20.7. The van der Waals surface area contributed by atoms with E-state index in [1.165, 1.54) is 12.2 Å². The van der Waals surface area contributed by atoms with E-state index < -0.39 is 12.1 Å². The molecule has 0 unspecified atom stereocenters. The highest BCUT2D eigenvalue weighted by molar-refractivity contribution is 9.10. The first-order valence-electron chi connectivity index (χ1n) is 7.80. The number of rotatable bonds is 7. The predicted molar refractivity (Wildman–Crippen MR) is 97.7 cm³/mol. The maximum absolute atomic E-state index is 12.3. The summed E-state index contributed by atoms with van der Waals surface area (Å²) in [7, 11) is 0. The molecule has 27 heavy (non-hydrogen) atoms. The molecule has 8 heteroatoms. The largest absolute Gasteiger partial charge is 0.490 e. The van der Waals surface area contributed by atoms with Gasteiger partial charge in [0.25, 0.3) is 0 Å². The zero-order valence-electron chi connectivity index (χ0n) is 13.9. The van der Waals surface area contributed by atoms with Gasteiger partial charge in [-0.15, -0.1) is 0 Å². The van der Waals surface area contributed by atoms with E-state index in [0.29, 0.717) is 16.9 Å². The van der Waals surface area contributed by atoms with Gasteiger partial charge in [-0.2, -0.15) is 13.2 Å². The van der Waals surface area contributed by atoms with E-state index in [1.54, 1.807) is 53.8 Å². The van der Waals surface area contributed by atoms with Crippen LogP contribution in [0, 0.1) is 0 Å². The third-order valence-electron chi connectivity index (χ3n) is 3.37. The lowest BCUT2D eigenvalue weighted by atomic mass is 10.0. The van der Waals surface area contributed by atoms with Gasteiger partial charge in [0.1, 0.15) is 12.4 Å². The second-order valence-corrected chi connectivity index (χ2v) is 6.27. The van der Waals surface area contributed by atoms with Crippen molar-refractivity contribution in [1.82, 2.24) is 5.32 Å². The van der Waals surface area contributed by atoms with Crippen LogP contribution in [0.4, 0.5) is 13.2 Å². The monoisotopic (exact) mass is 441 g/mol. The standard InChI is InChI=1S/C19H15BrF3NO3/c20-15-7-3-13(4-8-15)17(25)14-5-9-16(10-6-14)27-12-2-1-11-24-18(26)19(21,22)23/h1-10H,11-12H2,(H,24,26)/b2-1+. The van der Waals surface area contributed by atoms with Crippen molar-refractivity contribution in [1.29, 1.82) is 0 Å². The number of nitrogens with one attached hydrogen (secondary N) is 1. The Morgan fingerprint density at radius 1 is 0.963 bits per heavy atom. The summed E-state index contributed by atoms with van der Waals surface area (Å²) in [5.41, 5.74) is 1.07. The summed E-state index contributed by atoms with van der Waals surface area (Å²) in [5, 5.41) is 1.71. The van der Waals surface area contributed by atoms with Gasteiger partial charge in [-0.25, -0.2) is 0 Å². The van der Waals surface area contributed by atoms with Gasteiger partial charge in [0.05, 0.1) is 0 Å². The summed E-state index contributed by atoms with van der Waals surface area (Å²) in [6.45, 7) is -0.135. The summed E-state index contributed by atoms with van der Waals surface area (Å²) in [5.74, 6) is -1.60. The fourth-order valence-corrected chi connectivity index (χ4v) is 2.28. The van der Waals surface area contributed by atoms with Crippen LogP contribution in [0.15, 0.2) is 65.2 Å². The van der Waals surface area contributed by atoms with Crippen LogP contribution in [-0.2, 0) is 4.79 Å². The lowest BCUT2D eigenvalue weighted by Gasteiger charge is -2.06. The number of hydrogen-bond donors (Lipinski definition) is 1. The molecule has 0 fully saturated rings. The maximum atomic E-state index is 12.3. The van der Waals surface area contributed by atoms with Gasteiger partial charge in [0.2, 0.25) is 0 Å². The van der Waals surface area contributed by atoms with Gasteiger partial charge in [-0.05, 0) is 54.6 Å². The first-order chi connectivity index (χ1) is 12.8. The Balaban J connectivity index is 1.80. The van der Waals surface area contributed by atoms with E-state index in [9.17, 15) is 22.8 Å². The lowest BCUT2D eigenvalue weighted by Crippen LogP contribution is -2.36. The second kappa shape index (κ2) is 9.36. The van der Waals surface area contributed by atoms with E-state index >= 15 is 0 Å². The van der Waals surface area contributed by atoms with E-state index in [4.69, 9.17) is 4.74 Å². The molecular weight excluding hydrogens is 427 g/mol. The van der Waals surface area contributed by atoms with Gasteiger partial charge >= 0.3 is 12.1 Å². The number of amides is 1. The number of alkyl halides is 3. The van der Waals surface area contributed by atoms with Gasteiger partial charge in [0, 0.05) is 22.1 Å². The molecule has 0 bridgehead atoms. The van der Waals surface area contributed by atoms with Crippen molar-refractivity contribution in [3.63, 3.8) is 0 Å². The Kier molecular flexibility index (Phi) is 7.18. The smallest absolute Gasteiger partial charge is 0.471 e. The fraction of sp³-hybridized carbons (Fsp3) is 0.158. The number of hydrogen-bond acceptors (Lipinski definition) is 3. The molecule has 2 rings (SSSR count). The molecule has 4 nitrogen and oxygen atoms in total. The molecule has 0 aliphatic heterocycles. The van der Waals surface area contributed by atoms with Gasteiger partial charge in [0.15, 0.2) is 5.78 Å². The van der Waals surface area contributed by atoms with Crippen molar-refractivity contribution in [3.05, 3.63) is 76.3 Å². The van der Waals surface area contributed by atoms with Crippen molar-refractivity contribution in [2.45, 2.75) is 6.18 Å². The molecule has 0 spiro atoms. The molecule has 0 atom stereocenters. The molecule has 0 heterocycles. The van der Waals surface area contributed by atoms with Crippen molar-refractivity contribution in [3.8, 4) is 5.75 Å². The summed E-state index contributed by atoms with van der Waals surface area (Å²) in [6.07, 6.45) is -2.05. The minimum Gasteiger partial charge on any atom is -0.490 e. The molecule has 142 valence electrons. The van der Waals surface area contributed by atoms with Crippen LogP contribution in [0.25, 0.3) is 0 Å². The molecule has 0 radical (unpaired) electrons. The van der Waals surface area contributed by atoms with E-state index in [2.05, 4.69) is 15.9 Å². The molecular formula is C19H15BrF3NO3. The van der Waals surface area contributed by atoms with Crippen LogP contribution >= 0.6 is 15.9 Å². The predicted octanol–water partition coefficient (Wildman–Crippen LogP) is 4.29. The zero-order chi connectivity index (χ0) is 19.9.